The first kappa shape index (κ1) is 21.7. The Morgan fingerprint density at radius 3 is 2.17 bits per heavy atom. The Hall–Kier alpha value is -3.01. The average molecular weight is 402 g/mol. The number of benzene rings is 1. The molecule has 30 heavy (non-hydrogen) atoms. The molecule has 3 heterocycles. The predicted octanol–water partition coefficient (Wildman–Crippen LogP) is 6.36. The first-order chi connectivity index (χ1) is 14.3. The third kappa shape index (κ3) is 3.87. The lowest BCUT2D eigenvalue weighted by Crippen LogP contribution is -2.19. The lowest BCUT2D eigenvalue weighted by Gasteiger charge is -2.20. The van der Waals surface area contributed by atoms with Crippen molar-refractivity contribution in [3.63, 3.8) is 0 Å². The molecule has 0 aliphatic carbocycles. The molecule has 0 saturated heterocycles. The molecule has 0 aliphatic heterocycles. The van der Waals surface area contributed by atoms with E-state index in [0.29, 0.717) is 11.2 Å². The molecule has 0 bridgehead atoms. The Morgan fingerprint density at radius 2 is 1.57 bits per heavy atom. The summed E-state index contributed by atoms with van der Waals surface area (Å²) in [6, 6.07) is 15.9. The van der Waals surface area contributed by atoms with E-state index in [2.05, 4.69) is 44.0 Å². The van der Waals surface area contributed by atoms with Gasteiger partial charge in [0.2, 0.25) is 0 Å². The largest absolute Gasteiger partial charge is 0.304 e. The van der Waals surface area contributed by atoms with Crippen molar-refractivity contribution in [3.8, 4) is 11.1 Å². The molecule has 4 heteroatoms. The van der Waals surface area contributed by atoms with E-state index in [9.17, 15) is 4.79 Å². The molecule has 0 spiro atoms. The molecule has 4 aromatic rings. The fourth-order valence-electron chi connectivity index (χ4n) is 3.69. The van der Waals surface area contributed by atoms with E-state index in [1.54, 1.807) is 0 Å². The summed E-state index contributed by atoms with van der Waals surface area (Å²) in [5.74, 6) is 0.165. The summed E-state index contributed by atoms with van der Waals surface area (Å²) in [4.78, 5) is 22.4. The van der Waals surface area contributed by atoms with Crippen LogP contribution in [0.25, 0.3) is 27.7 Å². The van der Waals surface area contributed by atoms with Crippen molar-refractivity contribution < 1.29 is 0 Å². The fraction of sp³-hybridized carbons (Fsp3) is 0.346. The Balaban J connectivity index is 0.00000124. The summed E-state index contributed by atoms with van der Waals surface area (Å²) in [5.41, 5.74) is 4.88. The molecular formula is C26H31N3O. The van der Waals surface area contributed by atoms with Gasteiger partial charge in [-0.3, -0.25) is 9.78 Å². The van der Waals surface area contributed by atoms with Crippen LogP contribution < -0.4 is 5.56 Å². The van der Waals surface area contributed by atoms with Crippen molar-refractivity contribution in [1.29, 1.82) is 0 Å². The first-order valence-electron chi connectivity index (χ1n) is 10.7. The molecule has 4 nitrogen and oxygen atoms in total. The summed E-state index contributed by atoms with van der Waals surface area (Å²) in [6.07, 6.45) is 1.99. The molecule has 0 saturated carbocycles. The van der Waals surface area contributed by atoms with Gasteiger partial charge in [-0.15, -0.1) is 0 Å². The zero-order valence-electron chi connectivity index (χ0n) is 19.0. The lowest BCUT2D eigenvalue weighted by atomic mass is 9.91. The second-order valence-electron chi connectivity index (χ2n) is 8.59. The maximum atomic E-state index is 13.1. The van der Waals surface area contributed by atoms with Gasteiger partial charge in [-0.1, -0.05) is 78.8 Å². The van der Waals surface area contributed by atoms with Crippen LogP contribution in [0.3, 0.4) is 0 Å². The highest BCUT2D eigenvalue weighted by molar-refractivity contribution is 5.92. The summed E-state index contributed by atoms with van der Waals surface area (Å²) < 4.78 is 2.05. The Morgan fingerprint density at radius 1 is 0.900 bits per heavy atom. The van der Waals surface area contributed by atoms with Crippen molar-refractivity contribution in [3.05, 3.63) is 76.5 Å². The minimum atomic E-state index is -0.192. The summed E-state index contributed by atoms with van der Waals surface area (Å²) in [6.45, 7) is 14.7. The van der Waals surface area contributed by atoms with Crippen LogP contribution in [0.4, 0.5) is 0 Å². The molecule has 0 aliphatic rings. The van der Waals surface area contributed by atoms with E-state index in [1.165, 1.54) is 0 Å². The molecule has 3 aromatic heterocycles. The Bertz CT molecular complexity index is 1230. The zero-order valence-corrected chi connectivity index (χ0v) is 19.0. The number of hydrogen-bond acceptors (Lipinski definition) is 3. The van der Waals surface area contributed by atoms with E-state index in [1.807, 2.05) is 68.6 Å². The van der Waals surface area contributed by atoms with Gasteiger partial charge in [-0.05, 0) is 29.7 Å². The van der Waals surface area contributed by atoms with Crippen LogP contribution in [0.5, 0.6) is 0 Å². The van der Waals surface area contributed by atoms with Crippen LogP contribution in [0.1, 0.15) is 65.8 Å². The molecule has 0 N–H and O–H groups in total. The van der Waals surface area contributed by atoms with Gasteiger partial charge in [0.1, 0.15) is 0 Å². The van der Waals surface area contributed by atoms with Crippen molar-refractivity contribution >= 4 is 16.6 Å². The van der Waals surface area contributed by atoms with Crippen LogP contribution in [-0.2, 0) is 5.41 Å². The van der Waals surface area contributed by atoms with Crippen molar-refractivity contribution in [2.24, 2.45) is 0 Å². The highest BCUT2D eigenvalue weighted by Crippen LogP contribution is 2.29. The second-order valence-corrected chi connectivity index (χ2v) is 8.59. The molecule has 0 amide bonds. The zero-order chi connectivity index (χ0) is 22.1. The maximum Gasteiger partial charge on any atom is 0.281 e. The number of rotatable bonds is 2. The van der Waals surface area contributed by atoms with Gasteiger partial charge in [-0.2, -0.15) is 4.98 Å². The van der Waals surface area contributed by atoms with Gasteiger partial charge in [-0.25, -0.2) is 0 Å². The lowest BCUT2D eigenvalue weighted by molar-refractivity contribution is 0.571. The predicted molar refractivity (Wildman–Crippen MR) is 126 cm³/mol. The molecule has 4 rings (SSSR count). The number of nitrogens with zero attached hydrogens (tertiary/aromatic N) is 3. The highest BCUT2D eigenvalue weighted by atomic mass is 16.1. The summed E-state index contributed by atoms with van der Waals surface area (Å²) >= 11 is 0. The fourth-order valence-corrected chi connectivity index (χ4v) is 3.69. The van der Waals surface area contributed by atoms with Gasteiger partial charge in [0, 0.05) is 28.4 Å². The van der Waals surface area contributed by atoms with E-state index < -0.39 is 0 Å². The third-order valence-electron chi connectivity index (χ3n) is 5.09. The first-order valence-corrected chi connectivity index (χ1v) is 10.7. The van der Waals surface area contributed by atoms with Crippen LogP contribution in [-0.4, -0.2) is 14.4 Å². The molecule has 0 radical (unpaired) electrons. The second kappa shape index (κ2) is 8.39. The molecular weight excluding hydrogens is 370 g/mol. The molecule has 0 unspecified atom stereocenters. The van der Waals surface area contributed by atoms with Crippen LogP contribution >= 0.6 is 0 Å². The topological polar surface area (TPSA) is 47.3 Å². The number of aromatic nitrogens is 3. The van der Waals surface area contributed by atoms with Gasteiger partial charge < -0.3 is 4.40 Å². The molecule has 0 fully saturated rings. The van der Waals surface area contributed by atoms with Gasteiger partial charge in [0.05, 0.1) is 11.1 Å². The van der Waals surface area contributed by atoms with Crippen LogP contribution in [0.15, 0.2) is 59.5 Å². The minimum Gasteiger partial charge on any atom is -0.304 e. The summed E-state index contributed by atoms with van der Waals surface area (Å²) in [7, 11) is 0. The van der Waals surface area contributed by atoms with Crippen molar-refractivity contribution in [2.75, 3.05) is 0 Å². The average Bonchev–Trinajstić information content (AvgIpc) is 2.73. The van der Waals surface area contributed by atoms with E-state index in [0.717, 1.165) is 27.9 Å². The highest BCUT2D eigenvalue weighted by Gasteiger charge is 2.20. The third-order valence-corrected chi connectivity index (χ3v) is 5.09. The van der Waals surface area contributed by atoms with Gasteiger partial charge >= 0.3 is 0 Å². The van der Waals surface area contributed by atoms with Crippen LogP contribution in [0, 0.1) is 0 Å². The van der Waals surface area contributed by atoms with E-state index >= 15 is 0 Å². The molecule has 156 valence electrons. The number of fused-ring (bicyclic) bond motifs is 3. The monoisotopic (exact) mass is 401 g/mol. The number of hydrogen-bond donors (Lipinski definition) is 0. The summed E-state index contributed by atoms with van der Waals surface area (Å²) in [5, 5.41) is 0.897. The molecule has 1 aromatic carbocycles. The standard InChI is InChI=1S/C24H25N3O.C2H6/c1-15(2)21-20(16-9-7-6-8-10-16)23(28)26-22-17-11-12-19(24(3,4)5)25-18(17)13-14-27(21)22;1-2/h6-15H,1-5H3;1-2H3. The quantitative estimate of drug-likeness (QED) is 0.367. The Labute approximate surface area is 178 Å². The maximum absolute atomic E-state index is 13.1. The van der Waals surface area contributed by atoms with Gasteiger partial charge in [0.15, 0.2) is 5.65 Å². The minimum absolute atomic E-state index is 0.0341. The van der Waals surface area contributed by atoms with E-state index in [-0.39, 0.29) is 16.9 Å². The Kier molecular flexibility index (Phi) is 6.06. The SMILES string of the molecule is CC.CC(C)c1c(-c2ccccc2)c(=O)nc2c3ccc(C(C)(C)C)nc3ccn12. The van der Waals surface area contributed by atoms with E-state index in [4.69, 9.17) is 4.98 Å². The van der Waals surface area contributed by atoms with Crippen molar-refractivity contribution in [1.82, 2.24) is 14.4 Å². The molecule has 0 atom stereocenters. The normalized spacial score (nSPS) is 11.6. The smallest absolute Gasteiger partial charge is 0.281 e. The number of pyridine rings is 2. The van der Waals surface area contributed by atoms with Crippen molar-refractivity contribution in [2.45, 2.75) is 59.8 Å². The van der Waals surface area contributed by atoms with Gasteiger partial charge in [0.25, 0.3) is 5.56 Å². The van der Waals surface area contributed by atoms with Crippen LogP contribution in [0.2, 0.25) is 0 Å².